The summed E-state index contributed by atoms with van der Waals surface area (Å²) in [4.78, 5) is 11.1. The molecule has 1 saturated heterocycles. The van der Waals surface area contributed by atoms with Crippen LogP contribution in [0.4, 0.5) is 0 Å². The summed E-state index contributed by atoms with van der Waals surface area (Å²) < 4.78 is 0. The number of piperidine rings is 1. The highest BCUT2D eigenvalue weighted by molar-refractivity contribution is 5.79. The van der Waals surface area contributed by atoms with Crippen molar-refractivity contribution in [2.75, 3.05) is 0 Å². The number of allylic oxidation sites excluding steroid dienone is 2. The summed E-state index contributed by atoms with van der Waals surface area (Å²) in [7, 11) is 0. The highest BCUT2D eigenvalue weighted by Crippen LogP contribution is 2.41. The largest absolute Gasteiger partial charge is 0.330 e. The van der Waals surface area contributed by atoms with Gasteiger partial charge >= 0.3 is 0 Å². The molecule has 1 aliphatic heterocycles. The van der Waals surface area contributed by atoms with Crippen LogP contribution in [-0.4, -0.2) is 5.91 Å². The molecular formula is C10H15NO. The predicted molar refractivity (Wildman–Crippen MR) is 47.4 cm³/mol. The van der Waals surface area contributed by atoms with Crippen molar-refractivity contribution in [2.24, 2.45) is 5.41 Å². The summed E-state index contributed by atoms with van der Waals surface area (Å²) in [5.74, 6) is 0.195. The van der Waals surface area contributed by atoms with E-state index < -0.39 is 0 Å². The first-order valence-electron chi connectivity index (χ1n) is 4.71. The lowest BCUT2D eigenvalue weighted by atomic mass is 9.72. The predicted octanol–water partition coefficient (Wildman–Crippen LogP) is 1.97. The summed E-state index contributed by atoms with van der Waals surface area (Å²) in [6.07, 6.45) is 7.57. The van der Waals surface area contributed by atoms with Gasteiger partial charge in [0.15, 0.2) is 0 Å². The van der Waals surface area contributed by atoms with Gasteiger partial charge in [0.2, 0.25) is 5.91 Å². The Balaban J connectivity index is 2.25. The Labute approximate surface area is 73.0 Å². The molecule has 0 bridgehead atoms. The Hall–Kier alpha value is -0.790. The summed E-state index contributed by atoms with van der Waals surface area (Å²) in [5, 5.41) is 2.98. The molecule has 0 unspecified atom stereocenters. The minimum Gasteiger partial charge on any atom is -0.330 e. The second-order valence-electron chi connectivity index (χ2n) is 4.12. The molecule has 0 spiro atoms. The van der Waals surface area contributed by atoms with Crippen LogP contribution in [0.1, 0.15) is 39.0 Å². The molecule has 0 aromatic heterocycles. The van der Waals surface area contributed by atoms with Crippen LogP contribution < -0.4 is 5.32 Å². The molecule has 1 N–H and O–H groups in total. The van der Waals surface area contributed by atoms with E-state index in [0.29, 0.717) is 6.42 Å². The van der Waals surface area contributed by atoms with Gasteiger partial charge in [0.1, 0.15) is 0 Å². The van der Waals surface area contributed by atoms with Crippen molar-refractivity contribution in [2.45, 2.75) is 39.0 Å². The van der Waals surface area contributed by atoms with Crippen LogP contribution in [0.25, 0.3) is 0 Å². The molecule has 12 heavy (non-hydrogen) atoms. The van der Waals surface area contributed by atoms with Gasteiger partial charge in [0.25, 0.3) is 0 Å². The maximum absolute atomic E-state index is 11.1. The quantitative estimate of drug-likeness (QED) is 0.584. The molecule has 1 heterocycles. The van der Waals surface area contributed by atoms with Gasteiger partial charge in [0.05, 0.1) is 0 Å². The summed E-state index contributed by atoms with van der Waals surface area (Å²) in [6.45, 7) is 2.26. The van der Waals surface area contributed by atoms with Gasteiger partial charge < -0.3 is 5.32 Å². The van der Waals surface area contributed by atoms with Crippen LogP contribution in [0.5, 0.6) is 0 Å². The number of amides is 1. The molecule has 0 aromatic rings. The first-order valence-corrected chi connectivity index (χ1v) is 4.71. The molecule has 0 saturated carbocycles. The van der Waals surface area contributed by atoms with Crippen LogP contribution in [-0.2, 0) is 4.79 Å². The molecule has 1 aliphatic carbocycles. The number of nitrogens with one attached hydrogen (secondary N) is 1. The van der Waals surface area contributed by atoms with Gasteiger partial charge in [-0.05, 0) is 25.7 Å². The number of hydrogen-bond donors (Lipinski definition) is 1. The van der Waals surface area contributed by atoms with E-state index >= 15 is 0 Å². The first kappa shape index (κ1) is 7.84. The SMILES string of the molecule is C[C@@]12CCCC=C1NC(=O)CC2. The molecule has 1 amide bonds. The van der Waals surface area contributed by atoms with Crippen molar-refractivity contribution in [3.05, 3.63) is 11.8 Å². The van der Waals surface area contributed by atoms with Crippen molar-refractivity contribution in [1.29, 1.82) is 0 Å². The zero-order chi connectivity index (χ0) is 8.60. The Morgan fingerprint density at radius 3 is 3.17 bits per heavy atom. The highest BCUT2D eigenvalue weighted by atomic mass is 16.1. The van der Waals surface area contributed by atoms with Gasteiger partial charge in [-0.3, -0.25) is 4.79 Å². The van der Waals surface area contributed by atoms with E-state index in [4.69, 9.17) is 0 Å². The van der Waals surface area contributed by atoms with Crippen LogP contribution in [0, 0.1) is 5.41 Å². The lowest BCUT2D eigenvalue weighted by Crippen LogP contribution is -2.40. The van der Waals surface area contributed by atoms with Crippen molar-refractivity contribution in [1.82, 2.24) is 5.32 Å². The second-order valence-corrected chi connectivity index (χ2v) is 4.12. The topological polar surface area (TPSA) is 29.1 Å². The summed E-state index contributed by atoms with van der Waals surface area (Å²) in [5.41, 5.74) is 1.47. The van der Waals surface area contributed by atoms with Crippen LogP contribution in [0.3, 0.4) is 0 Å². The maximum atomic E-state index is 11.1. The molecule has 2 rings (SSSR count). The number of fused-ring (bicyclic) bond motifs is 1. The Morgan fingerprint density at radius 1 is 1.50 bits per heavy atom. The minimum absolute atomic E-state index is 0.195. The van der Waals surface area contributed by atoms with E-state index in [1.165, 1.54) is 18.5 Å². The average Bonchev–Trinajstić information content (AvgIpc) is 2.06. The molecule has 1 atom stereocenters. The highest BCUT2D eigenvalue weighted by Gasteiger charge is 2.35. The van der Waals surface area contributed by atoms with E-state index in [9.17, 15) is 4.79 Å². The number of carbonyl (C=O) groups is 1. The fourth-order valence-corrected chi connectivity index (χ4v) is 2.18. The van der Waals surface area contributed by atoms with Gasteiger partial charge in [-0.25, -0.2) is 0 Å². The number of hydrogen-bond acceptors (Lipinski definition) is 1. The normalized spacial score (nSPS) is 35.1. The maximum Gasteiger partial charge on any atom is 0.224 e. The zero-order valence-electron chi connectivity index (χ0n) is 7.52. The van der Waals surface area contributed by atoms with E-state index in [1.807, 2.05) is 0 Å². The third-order valence-electron chi connectivity index (χ3n) is 3.11. The molecule has 66 valence electrons. The van der Waals surface area contributed by atoms with E-state index in [1.54, 1.807) is 0 Å². The third-order valence-corrected chi connectivity index (χ3v) is 3.11. The van der Waals surface area contributed by atoms with Crippen LogP contribution in [0.15, 0.2) is 11.8 Å². The van der Waals surface area contributed by atoms with Gasteiger partial charge in [-0.15, -0.1) is 0 Å². The molecule has 0 radical (unpaired) electrons. The third kappa shape index (κ3) is 1.15. The number of carbonyl (C=O) groups excluding carboxylic acids is 1. The Kier molecular flexibility index (Phi) is 1.71. The Bertz CT molecular complexity index is 244. The van der Waals surface area contributed by atoms with Crippen molar-refractivity contribution >= 4 is 5.91 Å². The lowest BCUT2D eigenvalue weighted by Gasteiger charge is -2.39. The van der Waals surface area contributed by atoms with Crippen molar-refractivity contribution in [3.63, 3.8) is 0 Å². The summed E-state index contributed by atoms with van der Waals surface area (Å²) >= 11 is 0. The monoisotopic (exact) mass is 165 g/mol. The minimum atomic E-state index is 0.195. The Morgan fingerprint density at radius 2 is 2.33 bits per heavy atom. The van der Waals surface area contributed by atoms with E-state index in [2.05, 4.69) is 18.3 Å². The zero-order valence-corrected chi connectivity index (χ0v) is 7.52. The van der Waals surface area contributed by atoms with E-state index in [-0.39, 0.29) is 11.3 Å². The van der Waals surface area contributed by atoms with Crippen LogP contribution in [0.2, 0.25) is 0 Å². The van der Waals surface area contributed by atoms with Gasteiger partial charge in [-0.2, -0.15) is 0 Å². The first-order chi connectivity index (χ1) is 5.71. The smallest absolute Gasteiger partial charge is 0.224 e. The van der Waals surface area contributed by atoms with Gasteiger partial charge in [-0.1, -0.05) is 13.0 Å². The van der Waals surface area contributed by atoms with Crippen molar-refractivity contribution in [3.8, 4) is 0 Å². The standard InChI is InChI=1S/C10H15NO/c1-10-6-3-2-4-8(10)11-9(12)5-7-10/h4H,2-3,5-7H2,1H3,(H,11,12)/t10-/m0/s1. The molecule has 2 nitrogen and oxygen atoms in total. The molecule has 0 aromatic carbocycles. The summed E-state index contributed by atoms with van der Waals surface area (Å²) in [6, 6.07) is 0. The molecular weight excluding hydrogens is 150 g/mol. The molecule has 2 aliphatic rings. The van der Waals surface area contributed by atoms with Gasteiger partial charge in [0, 0.05) is 17.5 Å². The second kappa shape index (κ2) is 2.61. The molecule has 1 fully saturated rings. The lowest BCUT2D eigenvalue weighted by molar-refractivity contribution is -0.122. The van der Waals surface area contributed by atoms with Crippen LogP contribution >= 0.6 is 0 Å². The van der Waals surface area contributed by atoms with E-state index in [0.717, 1.165) is 12.8 Å². The van der Waals surface area contributed by atoms with Crippen molar-refractivity contribution < 1.29 is 4.79 Å². The fraction of sp³-hybridized carbons (Fsp3) is 0.700. The average molecular weight is 165 g/mol. The fourth-order valence-electron chi connectivity index (χ4n) is 2.18. The number of rotatable bonds is 0. The molecule has 2 heteroatoms.